The molecule has 3 atom stereocenters. The van der Waals surface area contributed by atoms with Crippen molar-refractivity contribution in [1.82, 2.24) is 35.2 Å². The first kappa shape index (κ1) is 36.5. The number of halogens is 3. The number of hydrogen-bond donors (Lipinski definition) is 2. The maximum absolute atomic E-state index is 14.4. The Morgan fingerprint density at radius 2 is 1.90 bits per heavy atom. The van der Waals surface area contributed by atoms with Gasteiger partial charge in [0.05, 0.1) is 11.6 Å². The molecule has 52 heavy (non-hydrogen) atoms. The van der Waals surface area contributed by atoms with Crippen LogP contribution in [0.25, 0.3) is 22.4 Å². The van der Waals surface area contributed by atoms with Gasteiger partial charge in [0.25, 0.3) is 0 Å². The molecule has 6 rings (SSSR count). The fourth-order valence-corrected chi connectivity index (χ4v) is 7.26. The van der Waals surface area contributed by atoms with Crippen LogP contribution in [0.1, 0.15) is 72.2 Å². The molecule has 0 radical (unpaired) electrons. The largest absolute Gasteiger partial charge is 0.433 e. The summed E-state index contributed by atoms with van der Waals surface area (Å²) in [6, 6.07) is 5.26. The number of nitrogens with zero attached hydrogens (tertiary/aromatic N) is 6. The van der Waals surface area contributed by atoms with Crippen molar-refractivity contribution in [2.45, 2.75) is 84.1 Å². The van der Waals surface area contributed by atoms with Crippen molar-refractivity contribution in [1.29, 1.82) is 0 Å². The number of benzene rings is 1. The fourth-order valence-electron chi connectivity index (χ4n) is 7.26. The lowest BCUT2D eigenvalue weighted by Crippen LogP contribution is -2.44. The summed E-state index contributed by atoms with van der Waals surface area (Å²) in [5, 5.41) is 19.3. The van der Waals surface area contributed by atoms with Crippen LogP contribution in [0, 0.1) is 19.3 Å². The molecule has 1 aliphatic carbocycles. The summed E-state index contributed by atoms with van der Waals surface area (Å²) in [6.45, 7) is 12.6. The van der Waals surface area contributed by atoms with Crippen LogP contribution in [-0.2, 0) is 28.7 Å². The SMILES string of the molecule is C=CCCCC(=O)NC[C@@]12CC(CNc3nc(C(F)(F)F)ccc3C)N(C(=O)Cn3nc(C(C)=O)c4cc(-c5nnc(C)o5)cc(CC=C)c43)[C@@H]1C2. The summed E-state index contributed by atoms with van der Waals surface area (Å²) in [5.74, 6) is 0.0802. The number of amides is 2. The number of carbonyl (C=O) groups excluding carboxylic acids is 3. The highest BCUT2D eigenvalue weighted by atomic mass is 19.4. The number of aromatic nitrogens is 5. The summed E-state index contributed by atoms with van der Waals surface area (Å²) in [4.78, 5) is 45.5. The van der Waals surface area contributed by atoms with E-state index >= 15 is 0 Å². The lowest BCUT2D eigenvalue weighted by atomic mass is 9.99. The Morgan fingerprint density at radius 1 is 1.12 bits per heavy atom. The van der Waals surface area contributed by atoms with Crippen LogP contribution in [0.15, 0.2) is 54.0 Å². The van der Waals surface area contributed by atoms with Crippen LogP contribution in [0.4, 0.5) is 19.0 Å². The van der Waals surface area contributed by atoms with Gasteiger partial charge in [-0.15, -0.1) is 23.4 Å². The Balaban J connectivity index is 1.30. The molecule has 1 aliphatic heterocycles. The molecule has 12 nitrogen and oxygen atoms in total. The van der Waals surface area contributed by atoms with Crippen molar-refractivity contribution in [3.8, 4) is 11.5 Å². The number of alkyl halides is 3. The maximum Gasteiger partial charge on any atom is 0.433 e. The lowest BCUT2D eigenvalue weighted by Gasteiger charge is -2.28. The van der Waals surface area contributed by atoms with Crippen LogP contribution >= 0.6 is 0 Å². The molecular formula is C37H41F3N8O4. The van der Waals surface area contributed by atoms with E-state index in [4.69, 9.17) is 4.42 Å². The Hall–Kier alpha value is -5.34. The number of aryl methyl sites for hydroxylation is 2. The molecule has 3 aromatic heterocycles. The number of ketones is 1. The Labute approximate surface area is 298 Å². The Bertz CT molecular complexity index is 2050. The number of unbranched alkanes of at least 4 members (excludes halogenated alkanes) is 1. The van der Waals surface area contributed by atoms with Crippen LogP contribution < -0.4 is 10.6 Å². The van der Waals surface area contributed by atoms with Gasteiger partial charge in [0.1, 0.15) is 23.8 Å². The quantitative estimate of drug-likeness (QED) is 0.0859. The Morgan fingerprint density at radius 3 is 2.58 bits per heavy atom. The van der Waals surface area contributed by atoms with Gasteiger partial charge in [0, 0.05) is 55.8 Å². The second-order valence-corrected chi connectivity index (χ2v) is 13.7. The standard InChI is InChI=1S/C37H41F3N8O4/c1-6-8-9-11-30(50)42-20-36-16-26(18-41-34-21(3)12-13-28(43-34)37(38,39)40)48(29(36)17-36)31(51)19-47-33-24(10-7-2)14-25(35-45-44-23(5)52-35)15-27(33)32(46-47)22(4)49/h6-7,12-15,26,29H,1-2,8-11,16-20H2,3-5H3,(H,41,43)(H,42,50)/t26?,29-,36+/m1/s1. The number of likely N-dealkylation sites (tertiary alicyclic amines) is 1. The predicted octanol–water partition coefficient (Wildman–Crippen LogP) is 5.99. The Kier molecular flexibility index (Phi) is 10.1. The molecule has 1 saturated carbocycles. The summed E-state index contributed by atoms with van der Waals surface area (Å²) in [6.07, 6.45) is 2.19. The van der Waals surface area contributed by atoms with Gasteiger partial charge in [-0.2, -0.15) is 18.3 Å². The molecule has 1 aromatic carbocycles. The van der Waals surface area contributed by atoms with E-state index in [0.717, 1.165) is 18.1 Å². The van der Waals surface area contributed by atoms with Gasteiger partial charge >= 0.3 is 6.18 Å². The smallest absolute Gasteiger partial charge is 0.421 e. The van der Waals surface area contributed by atoms with Gasteiger partial charge in [-0.05, 0) is 68.4 Å². The number of rotatable bonds is 15. The number of carbonyl (C=O) groups is 3. The van der Waals surface area contributed by atoms with E-state index in [9.17, 15) is 27.6 Å². The summed E-state index contributed by atoms with van der Waals surface area (Å²) < 4.78 is 47.7. The first-order chi connectivity index (χ1) is 24.7. The first-order valence-electron chi connectivity index (χ1n) is 17.2. The molecule has 2 aliphatic rings. The van der Waals surface area contributed by atoms with Gasteiger partial charge in [-0.3, -0.25) is 19.1 Å². The van der Waals surface area contributed by atoms with Gasteiger partial charge in [0.2, 0.25) is 23.6 Å². The minimum Gasteiger partial charge on any atom is -0.421 e. The molecule has 274 valence electrons. The number of piperidine rings is 1. The topological polar surface area (TPSA) is 148 Å². The number of anilines is 1. The second kappa shape index (κ2) is 14.4. The number of nitrogens with one attached hydrogen (secondary N) is 2. The molecular weight excluding hydrogens is 677 g/mol. The highest BCUT2D eigenvalue weighted by Gasteiger charge is 2.65. The van der Waals surface area contributed by atoms with Crippen LogP contribution in [0.2, 0.25) is 0 Å². The average Bonchev–Trinajstić information content (AvgIpc) is 3.35. The van der Waals surface area contributed by atoms with Crippen molar-refractivity contribution in [2.75, 3.05) is 18.4 Å². The number of pyridine rings is 1. The minimum atomic E-state index is -4.62. The van der Waals surface area contributed by atoms with E-state index in [1.807, 2.05) is 6.07 Å². The zero-order valence-electron chi connectivity index (χ0n) is 29.3. The van der Waals surface area contributed by atoms with E-state index < -0.39 is 17.9 Å². The molecule has 0 bridgehead atoms. The molecule has 2 N–H and O–H groups in total. The van der Waals surface area contributed by atoms with Crippen molar-refractivity contribution in [2.24, 2.45) is 5.41 Å². The molecule has 4 aromatic rings. The monoisotopic (exact) mass is 718 g/mol. The third-order valence-corrected chi connectivity index (χ3v) is 9.83. The maximum atomic E-state index is 14.4. The van der Waals surface area contributed by atoms with Crippen LogP contribution in [0.3, 0.4) is 0 Å². The van der Waals surface area contributed by atoms with Crippen LogP contribution in [-0.4, -0.2) is 72.6 Å². The van der Waals surface area contributed by atoms with Crippen molar-refractivity contribution < 1.29 is 32.0 Å². The number of fused-ring (bicyclic) bond motifs is 2. The lowest BCUT2D eigenvalue weighted by molar-refractivity contribution is -0.141. The third-order valence-electron chi connectivity index (χ3n) is 9.83. The highest BCUT2D eigenvalue weighted by Crippen LogP contribution is 2.59. The molecule has 15 heteroatoms. The number of allylic oxidation sites excluding steroid dienone is 2. The van der Waals surface area contributed by atoms with E-state index in [1.54, 1.807) is 37.0 Å². The molecule has 2 amide bonds. The van der Waals surface area contributed by atoms with Gasteiger partial charge < -0.3 is 20.0 Å². The van der Waals surface area contributed by atoms with Crippen molar-refractivity contribution in [3.63, 3.8) is 0 Å². The molecule has 2 fully saturated rings. The van der Waals surface area contributed by atoms with E-state index in [1.165, 1.54) is 17.7 Å². The second-order valence-electron chi connectivity index (χ2n) is 13.7. The number of Topliss-reactive ketones (excluding diaryl/α,β-unsaturated/α-hetero) is 1. The average molecular weight is 719 g/mol. The van der Waals surface area contributed by atoms with E-state index in [-0.39, 0.29) is 59.5 Å². The molecule has 1 saturated heterocycles. The van der Waals surface area contributed by atoms with E-state index in [2.05, 4.69) is 44.1 Å². The number of hydrogen-bond acceptors (Lipinski definition) is 9. The van der Waals surface area contributed by atoms with Crippen molar-refractivity contribution >= 4 is 34.3 Å². The molecule has 1 unspecified atom stereocenters. The zero-order valence-corrected chi connectivity index (χ0v) is 29.3. The normalized spacial score (nSPS) is 19.4. The molecule has 4 heterocycles. The predicted molar refractivity (Wildman–Crippen MR) is 187 cm³/mol. The summed E-state index contributed by atoms with van der Waals surface area (Å²) in [5.41, 5.74) is 1.24. The third kappa shape index (κ3) is 7.34. The van der Waals surface area contributed by atoms with Crippen LogP contribution in [0.5, 0.6) is 0 Å². The zero-order chi connectivity index (χ0) is 37.4. The van der Waals surface area contributed by atoms with Crippen molar-refractivity contribution in [3.05, 3.63) is 78.0 Å². The summed E-state index contributed by atoms with van der Waals surface area (Å²) in [7, 11) is 0. The molecule has 0 spiro atoms. The van der Waals surface area contributed by atoms with E-state index in [0.29, 0.717) is 66.6 Å². The van der Waals surface area contributed by atoms with Gasteiger partial charge in [-0.1, -0.05) is 18.2 Å². The van der Waals surface area contributed by atoms with Gasteiger partial charge in [-0.25, -0.2) is 4.98 Å². The highest BCUT2D eigenvalue weighted by molar-refractivity contribution is 6.06. The first-order valence-corrected chi connectivity index (χ1v) is 17.2. The minimum absolute atomic E-state index is 0.0813. The summed E-state index contributed by atoms with van der Waals surface area (Å²) >= 11 is 0. The van der Waals surface area contributed by atoms with Gasteiger partial charge in [0.15, 0.2) is 5.78 Å². The fraction of sp³-hybridized carbons (Fsp3) is 0.432.